The van der Waals surface area contributed by atoms with Gasteiger partial charge in [0.25, 0.3) is 0 Å². The van der Waals surface area contributed by atoms with Gasteiger partial charge in [0, 0.05) is 10.9 Å². The number of pyridine rings is 1. The molecule has 3 aromatic rings. The van der Waals surface area contributed by atoms with Crippen molar-refractivity contribution in [3.63, 3.8) is 0 Å². The van der Waals surface area contributed by atoms with Gasteiger partial charge >= 0.3 is 12.2 Å². The predicted molar refractivity (Wildman–Crippen MR) is 104 cm³/mol. The molecule has 156 valence electrons. The number of aromatic nitrogens is 1. The minimum Gasteiger partial charge on any atom is -0.363 e. The Bertz CT molecular complexity index is 1140. The fourth-order valence-corrected chi connectivity index (χ4v) is 4.46. The quantitative estimate of drug-likeness (QED) is 0.410. The van der Waals surface area contributed by atoms with Crippen LogP contribution in [0.4, 0.5) is 18.0 Å². The summed E-state index contributed by atoms with van der Waals surface area (Å²) in [5.74, 6) is -3.14. The molecule has 4 rings (SSSR count). The first-order valence-corrected chi connectivity index (χ1v) is 9.88. The van der Waals surface area contributed by atoms with Crippen molar-refractivity contribution in [2.45, 2.75) is 17.9 Å². The third-order valence-corrected chi connectivity index (χ3v) is 6.08. The number of nitrogens with one attached hydrogen (secondary N) is 2. The second-order valence-electron chi connectivity index (χ2n) is 6.72. The molecule has 3 N–H and O–H groups in total. The number of carbonyl (C=O) groups excluding carboxylic acids is 2. The Labute approximate surface area is 176 Å². The zero-order valence-electron chi connectivity index (χ0n) is 14.9. The van der Waals surface area contributed by atoms with Gasteiger partial charge in [-0.25, -0.2) is 9.78 Å². The Balaban J connectivity index is 1.92. The molecule has 3 heterocycles. The molecular weight excluding hydrogens is 443 g/mol. The summed E-state index contributed by atoms with van der Waals surface area (Å²) in [4.78, 5) is 29.3. The number of fused-ring (bicyclic) bond motifs is 1. The van der Waals surface area contributed by atoms with Crippen molar-refractivity contribution in [2.24, 2.45) is 5.92 Å². The summed E-state index contributed by atoms with van der Waals surface area (Å²) in [6.45, 7) is 0. The summed E-state index contributed by atoms with van der Waals surface area (Å²) < 4.78 is 41.7. The Kier molecular flexibility index (Phi) is 4.95. The molecule has 2 amide bonds. The van der Waals surface area contributed by atoms with E-state index < -0.39 is 35.7 Å². The molecule has 1 aromatic carbocycles. The average Bonchev–Trinajstić information content (AvgIpc) is 3.20. The van der Waals surface area contributed by atoms with Crippen molar-refractivity contribution in [3.8, 4) is 0 Å². The van der Waals surface area contributed by atoms with Crippen LogP contribution in [0.2, 0.25) is 5.15 Å². The number of nitrogens with zero attached hydrogens (tertiary/aromatic N) is 1. The van der Waals surface area contributed by atoms with Gasteiger partial charge in [-0.15, -0.1) is 11.3 Å². The number of urea groups is 1. The lowest BCUT2D eigenvalue weighted by atomic mass is 9.79. The maximum atomic E-state index is 13.9. The maximum absolute atomic E-state index is 13.9. The molecule has 1 fully saturated rings. The van der Waals surface area contributed by atoms with Gasteiger partial charge in [0.15, 0.2) is 5.78 Å². The van der Waals surface area contributed by atoms with E-state index >= 15 is 0 Å². The van der Waals surface area contributed by atoms with Crippen LogP contribution < -0.4 is 10.6 Å². The van der Waals surface area contributed by atoms with E-state index in [-0.39, 0.29) is 15.6 Å². The number of Topliss-reactive ketones (excluding diaryl/α,β-unsaturated/α-hetero) is 1. The van der Waals surface area contributed by atoms with Crippen molar-refractivity contribution >= 4 is 45.7 Å². The zero-order chi connectivity index (χ0) is 21.7. The number of rotatable bonds is 3. The van der Waals surface area contributed by atoms with Crippen LogP contribution in [0, 0.1) is 5.92 Å². The first-order valence-electron chi connectivity index (χ1n) is 8.62. The molecule has 11 heteroatoms. The number of alkyl halides is 3. The average molecular weight is 456 g/mol. The monoisotopic (exact) mass is 455 g/mol. The van der Waals surface area contributed by atoms with Crippen molar-refractivity contribution < 1.29 is 27.9 Å². The second kappa shape index (κ2) is 7.22. The number of benzene rings is 1. The Morgan fingerprint density at radius 1 is 1.23 bits per heavy atom. The summed E-state index contributed by atoms with van der Waals surface area (Å²) >= 11 is 7.16. The molecule has 0 spiro atoms. The zero-order valence-corrected chi connectivity index (χ0v) is 16.5. The third kappa shape index (κ3) is 3.30. The molecule has 1 saturated heterocycles. The summed E-state index contributed by atoms with van der Waals surface area (Å²) in [6, 6.07) is 8.15. The van der Waals surface area contributed by atoms with Crippen LogP contribution in [-0.2, 0) is 0 Å². The highest BCUT2D eigenvalue weighted by Gasteiger charge is 2.66. The first-order chi connectivity index (χ1) is 14.1. The Hall–Kier alpha value is -2.69. The summed E-state index contributed by atoms with van der Waals surface area (Å²) in [7, 11) is 0. The second-order valence-corrected chi connectivity index (χ2v) is 8.03. The van der Waals surface area contributed by atoms with Crippen molar-refractivity contribution in [1.82, 2.24) is 15.6 Å². The van der Waals surface area contributed by atoms with Crippen LogP contribution in [0.1, 0.15) is 21.3 Å². The van der Waals surface area contributed by atoms with Crippen LogP contribution >= 0.6 is 22.9 Å². The summed E-state index contributed by atoms with van der Waals surface area (Å²) in [6.07, 6.45) is -5.34. The molecule has 3 unspecified atom stereocenters. The van der Waals surface area contributed by atoms with E-state index in [1.807, 2.05) is 0 Å². The lowest BCUT2D eigenvalue weighted by Crippen LogP contribution is -2.72. The van der Waals surface area contributed by atoms with Gasteiger partial charge in [0.05, 0.1) is 16.4 Å². The van der Waals surface area contributed by atoms with Crippen LogP contribution in [0.25, 0.3) is 10.9 Å². The number of hydrogen-bond donors (Lipinski definition) is 3. The van der Waals surface area contributed by atoms with E-state index in [9.17, 15) is 27.9 Å². The van der Waals surface area contributed by atoms with Crippen molar-refractivity contribution in [3.05, 3.63) is 63.4 Å². The number of carbonyl (C=O) groups is 2. The maximum Gasteiger partial charge on any atom is 0.437 e. The van der Waals surface area contributed by atoms with Gasteiger partial charge in [-0.2, -0.15) is 13.2 Å². The highest BCUT2D eigenvalue weighted by Crippen LogP contribution is 2.45. The number of hydrogen-bond acceptors (Lipinski definition) is 5. The van der Waals surface area contributed by atoms with E-state index in [2.05, 4.69) is 10.3 Å². The minimum absolute atomic E-state index is 0.00417. The highest BCUT2D eigenvalue weighted by molar-refractivity contribution is 7.12. The Morgan fingerprint density at radius 3 is 2.63 bits per heavy atom. The number of ketones is 1. The summed E-state index contributed by atoms with van der Waals surface area (Å²) in [5, 5.41) is 16.2. The number of amides is 2. The third-order valence-electron chi connectivity index (χ3n) is 4.89. The van der Waals surface area contributed by atoms with Crippen LogP contribution in [-0.4, -0.2) is 33.8 Å². The predicted octanol–water partition coefficient (Wildman–Crippen LogP) is 4.05. The molecule has 2 aromatic heterocycles. The highest BCUT2D eigenvalue weighted by atomic mass is 35.5. The van der Waals surface area contributed by atoms with Gasteiger partial charge in [0.1, 0.15) is 11.1 Å². The number of para-hydroxylation sites is 1. The van der Waals surface area contributed by atoms with Gasteiger partial charge in [-0.1, -0.05) is 35.9 Å². The van der Waals surface area contributed by atoms with Crippen LogP contribution in [0.15, 0.2) is 47.8 Å². The molecule has 0 bridgehead atoms. The topological polar surface area (TPSA) is 91.3 Å². The molecule has 0 radical (unpaired) electrons. The van der Waals surface area contributed by atoms with E-state index in [4.69, 9.17) is 11.6 Å². The minimum atomic E-state index is -5.34. The van der Waals surface area contributed by atoms with Crippen LogP contribution in [0.3, 0.4) is 0 Å². The van der Waals surface area contributed by atoms with E-state index in [1.165, 1.54) is 28.9 Å². The Morgan fingerprint density at radius 2 is 1.97 bits per heavy atom. The van der Waals surface area contributed by atoms with Gasteiger partial charge in [-0.05, 0) is 23.6 Å². The van der Waals surface area contributed by atoms with Gasteiger partial charge < -0.3 is 15.7 Å². The lowest BCUT2D eigenvalue weighted by molar-refractivity contribution is -0.287. The molecule has 0 aliphatic carbocycles. The van der Waals surface area contributed by atoms with E-state index in [0.717, 1.165) is 11.3 Å². The van der Waals surface area contributed by atoms with Crippen molar-refractivity contribution in [1.29, 1.82) is 0 Å². The smallest absolute Gasteiger partial charge is 0.363 e. The van der Waals surface area contributed by atoms with Crippen LogP contribution in [0.5, 0.6) is 0 Å². The molecule has 30 heavy (non-hydrogen) atoms. The van der Waals surface area contributed by atoms with E-state index in [1.54, 1.807) is 24.3 Å². The number of thiophene rings is 1. The number of halogens is 4. The molecule has 3 atom stereocenters. The SMILES string of the molecule is O=C1NC(c2cc3ccccc3nc2Cl)C(C(=O)c2cccs2)C(O)(C(F)(F)F)N1. The normalized spacial score (nSPS) is 24.4. The standard InChI is InChI=1S/C19H13ClF3N3O3S/c20-16-10(8-9-4-1-2-5-11(9)24-16)14-13(15(27)12-6-3-7-30-12)18(29,19(21,22)23)26-17(28)25-14/h1-8,13-14,29H,(H2,25,26,28). The van der Waals surface area contributed by atoms with E-state index in [0.29, 0.717) is 10.9 Å². The number of aliphatic hydroxyl groups is 1. The molecule has 1 aliphatic heterocycles. The van der Waals surface area contributed by atoms with Gasteiger partial charge in [-0.3, -0.25) is 4.79 Å². The first kappa shape index (κ1) is 20.6. The van der Waals surface area contributed by atoms with Crippen molar-refractivity contribution in [2.75, 3.05) is 0 Å². The fraction of sp³-hybridized carbons (Fsp3) is 0.211. The molecular formula is C19H13ClF3N3O3S. The molecule has 6 nitrogen and oxygen atoms in total. The lowest BCUT2D eigenvalue weighted by Gasteiger charge is -2.44. The molecule has 1 aliphatic rings. The molecule has 0 saturated carbocycles. The fourth-order valence-electron chi connectivity index (χ4n) is 3.50. The van der Waals surface area contributed by atoms with Gasteiger partial charge in [0.2, 0.25) is 5.72 Å². The largest absolute Gasteiger partial charge is 0.437 e. The summed E-state index contributed by atoms with van der Waals surface area (Å²) in [5.41, 5.74) is -3.34.